The Balaban J connectivity index is 1.26. The Kier molecular flexibility index (Phi) is 6.02. The molecule has 0 bridgehead atoms. The summed E-state index contributed by atoms with van der Waals surface area (Å²) in [5.41, 5.74) is 3.73. The fourth-order valence-corrected chi connectivity index (χ4v) is 6.20. The van der Waals surface area contributed by atoms with Gasteiger partial charge < -0.3 is 20.1 Å². The van der Waals surface area contributed by atoms with Crippen molar-refractivity contribution in [2.75, 3.05) is 36.5 Å². The van der Waals surface area contributed by atoms with Crippen molar-refractivity contribution in [1.29, 1.82) is 0 Å². The summed E-state index contributed by atoms with van der Waals surface area (Å²) < 4.78 is 8.43. The lowest BCUT2D eigenvalue weighted by molar-refractivity contribution is 0.116. The van der Waals surface area contributed by atoms with Crippen molar-refractivity contribution in [2.24, 2.45) is 0 Å². The third-order valence-electron chi connectivity index (χ3n) is 6.69. The highest BCUT2D eigenvalue weighted by molar-refractivity contribution is 7.22. The Bertz CT molecular complexity index is 1320. The van der Waals surface area contributed by atoms with Crippen LogP contribution in [0.25, 0.3) is 15.9 Å². The number of aliphatic hydroxyl groups is 1. The van der Waals surface area contributed by atoms with Crippen LogP contribution in [0.1, 0.15) is 36.9 Å². The van der Waals surface area contributed by atoms with E-state index >= 15 is 0 Å². The van der Waals surface area contributed by atoms with Crippen molar-refractivity contribution in [3.05, 3.63) is 46.7 Å². The number of fused-ring (bicyclic) bond motifs is 2. The summed E-state index contributed by atoms with van der Waals surface area (Å²) in [5, 5.41) is 20.0. The molecule has 1 aliphatic carbocycles. The molecule has 2 unspecified atom stereocenters. The van der Waals surface area contributed by atoms with E-state index < -0.39 is 0 Å². The number of benzene rings is 1. The minimum Gasteiger partial charge on any atom is -0.391 e. The standard InChI is InChI=1S/C24H27ClN6O2S/c25-17-12-15(13-20-23(17)28-24(34-20)27-18-3-1-2-4-19(18)32)11-16-14-26-21-5-6-22(29-31(16)21)30-7-9-33-10-8-30/h5-6,12-14,18-19,32H,1-4,7-11H2,(H,27,28). The topological polar surface area (TPSA) is 87.8 Å². The molecule has 2 aliphatic rings. The van der Waals surface area contributed by atoms with Gasteiger partial charge in [0.25, 0.3) is 0 Å². The number of nitrogens with one attached hydrogen (secondary N) is 1. The first-order valence-corrected chi connectivity index (χ1v) is 13.0. The minimum absolute atomic E-state index is 0.0532. The summed E-state index contributed by atoms with van der Waals surface area (Å²) in [6.07, 6.45) is 6.24. The summed E-state index contributed by atoms with van der Waals surface area (Å²) >= 11 is 8.23. The lowest BCUT2D eigenvalue weighted by atomic mass is 9.93. The average Bonchev–Trinajstić information content (AvgIpc) is 3.45. The SMILES string of the molecule is OC1CCCCC1Nc1nc2c(Cl)cc(Cc3cnc4ccc(N5CCOCC5)nn34)cc2s1. The maximum atomic E-state index is 10.3. The molecule has 1 saturated carbocycles. The molecule has 1 saturated heterocycles. The van der Waals surface area contributed by atoms with E-state index in [1.807, 2.05) is 28.9 Å². The smallest absolute Gasteiger partial charge is 0.184 e. The first-order valence-electron chi connectivity index (χ1n) is 11.8. The van der Waals surface area contributed by atoms with Crippen LogP contribution in [-0.4, -0.2) is 63.1 Å². The van der Waals surface area contributed by atoms with Gasteiger partial charge >= 0.3 is 0 Å². The number of aliphatic hydroxyl groups excluding tert-OH is 1. The highest BCUT2D eigenvalue weighted by Gasteiger charge is 2.24. The summed E-state index contributed by atoms with van der Waals surface area (Å²) in [6.45, 7) is 3.13. The molecule has 6 rings (SSSR count). The molecular weight excluding hydrogens is 472 g/mol. The van der Waals surface area contributed by atoms with Crippen molar-refractivity contribution < 1.29 is 9.84 Å². The number of ether oxygens (including phenoxy) is 1. The molecule has 2 atom stereocenters. The number of imidazole rings is 1. The molecule has 0 radical (unpaired) electrons. The number of rotatable bonds is 5. The van der Waals surface area contributed by atoms with Crippen LogP contribution in [0.15, 0.2) is 30.5 Å². The monoisotopic (exact) mass is 498 g/mol. The highest BCUT2D eigenvalue weighted by Crippen LogP contribution is 2.34. The van der Waals surface area contributed by atoms with E-state index in [2.05, 4.69) is 21.3 Å². The predicted octanol–water partition coefficient (Wildman–Crippen LogP) is 4.14. The van der Waals surface area contributed by atoms with E-state index in [0.29, 0.717) is 11.4 Å². The quantitative estimate of drug-likeness (QED) is 0.427. The Labute approximate surface area is 206 Å². The van der Waals surface area contributed by atoms with Crippen molar-refractivity contribution >= 4 is 49.8 Å². The van der Waals surface area contributed by atoms with Crippen LogP contribution in [-0.2, 0) is 11.2 Å². The van der Waals surface area contributed by atoms with Gasteiger partial charge in [-0.05, 0) is 42.7 Å². The third kappa shape index (κ3) is 4.33. The number of hydrogen-bond acceptors (Lipinski definition) is 8. The highest BCUT2D eigenvalue weighted by atomic mass is 35.5. The molecule has 4 aromatic rings. The van der Waals surface area contributed by atoms with Gasteiger partial charge in [0.15, 0.2) is 10.8 Å². The van der Waals surface area contributed by atoms with Gasteiger partial charge in [-0.15, -0.1) is 5.10 Å². The van der Waals surface area contributed by atoms with Gasteiger partial charge in [0.05, 0.1) is 47.0 Å². The molecule has 0 spiro atoms. The summed E-state index contributed by atoms with van der Waals surface area (Å²) in [6, 6.07) is 8.21. The molecule has 3 aromatic heterocycles. The van der Waals surface area contributed by atoms with Crippen LogP contribution in [0.5, 0.6) is 0 Å². The fourth-order valence-electron chi connectivity index (χ4n) is 4.85. The fraction of sp³-hybridized carbons (Fsp3) is 0.458. The number of thiazole rings is 1. The van der Waals surface area contributed by atoms with Crippen LogP contribution in [0.4, 0.5) is 10.9 Å². The van der Waals surface area contributed by atoms with Crippen molar-refractivity contribution in [3.8, 4) is 0 Å². The first-order chi connectivity index (χ1) is 16.6. The van der Waals surface area contributed by atoms with Crippen LogP contribution < -0.4 is 10.2 Å². The second-order valence-corrected chi connectivity index (χ2v) is 10.5. The van der Waals surface area contributed by atoms with Crippen molar-refractivity contribution in [1.82, 2.24) is 19.6 Å². The second kappa shape index (κ2) is 9.30. The van der Waals surface area contributed by atoms with Crippen molar-refractivity contribution in [2.45, 2.75) is 44.2 Å². The van der Waals surface area contributed by atoms with E-state index in [1.165, 1.54) is 0 Å². The predicted molar refractivity (Wildman–Crippen MR) is 135 cm³/mol. The molecule has 2 N–H and O–H groups in total. The lowest BCUT2D eigenvalue weighted by Gasteiger charge is -2.27. The van der Waals surface area contributed by atoms with Crippen LogP contribution in [0.3, 0.4) is 0 Å². The van der Waals surface area contributed by atoms with Gasteiger partial charge in [0.1, 0.15) is 11.3 Å². The minimum atomic E-state index is -0.322. The van der Waals surface area contributed by atoms with Crippen molar-refractivity contribution in [3.63, 3.8) is 0 Å². The van der Waals surface area contributed by atoms with Crippen LogP contribution in [0.2, 0.25) is 5.02 Å². The zero-order valence-corrected chi connectivity index (χ0v) is 20.4. The Morgan fingerprint density at radius 1 is 1.18 bits per heavy atom. The van der Waals surface area contributed by atoms with Crippen LogP contribution >= 0.6 is 22.9 Å². The van der Waals surface area contributed by atoms with Gasteiger partial charge in [-0.25, -0.2) is 14.5 Å². The molecule has 1 aliphatic heterocycles. The maximum absolute atomic E-state index is 10.3. The number of hydrogen-bond donors (Lipinski definition) is 2. The molecule has 1 aromatic carbocycles. The second-order valence-electron chi connectivity index (χ2n) is 9.03. The zero-order valence-electron chi connectivity index (χ0n) is 18.8. The molecule has 0 amide bonds. The molecule has 2 fully saturated rings. The molecular formula is C24H27ClN6O2S. The maximum Gasteiger partial charge on any atom is 0.184 e. The Morgan fingerprint density at radius 3 is 2.88 bits per heavy atom. The van der Waals surface area contributed by atoms with Gasteiger partial charge in [-0.2, -0.15) is 0 Å². The van der Waals surface area contributed by atoms with Gasteiger partial charge in [0.2, 0.25) is 0 Å². The Hall–Kier alpha value is -2.46. The first kappa shape index (κ1) is 22.0. The number of halogens is 1. The Morgan fingerprint density at radius 2 is 2.03 bits per heavy atom. The molecule has 34 heavy (non-hydrogen) atoms. The summed E-state index contributed by atoms with van der Waals surface area (Å²) in [7, 11) is 0. The lowest BCUT2D eigenvalue weighted by Crippen LogP contribution is -2.37. The normalized spacial score (nSPS) is 21.4. The molecule has 4 heterocycles. The summed E-state index contributed by atoms with van der Waals surface area (Å²) in [5.74, 6) is 0.937. The van der Waals surface area contributed by atoms with Gasteiger partial charge in [0, 0.05) is 19.5 Å². The van der Waals surface area contributed by atoms with Crippen LogP contribution in [0, 0.1) is 0 Å². The number of morpholine rings is 1. The zero-order chi connectivity index (χ0) is 23.1. The number of anilines is 2. The largest absolute Gasteiger partial charge is 0.391 e. The third-order valence-corrected chi connectivity index (χ3v) is 7.91. The van der Waals surface area contributed by atoms with E-state index in [1.54, 1.807) is 11.3 Å². The van der Waals surface area contributed by atoms with Gasteiger partial charge in [-0.1, -0.05) is 35.8 Å². The molecule has 8 nitrogen and oxygen atoms in total. The molecule has 10 heteroatoms. The van der Waals surface area contributed by atoms with E-state index in [9.17, 15) is 5.11 Å². The summed E-state index contributed by atoms with van der Waals surface area (Å²) in [4.78, 5) is 11.5. The number of aromatic nitrogens is 4. The molecule has 178 valence electrons. The van der Waals surface area contributed by atoms with E-state index in [-0.39, 0.29) is 12.1 Å². The van der Waals surface area contributed by atoms with E-state index in [4.69, 9.17) is 26.4 Å². The number of nitrogens with zero attached hydrogens (tertiary/aromatic N) is 5. The average molecular weight is 499 g/mol. The van der Waals surface area contributed by atoms with E-state index in [0.717, 1.165) is 90.1 Å². The van der Waals surface area contributed by atoms with Gasteiger partial charge in [-0.3, -0.25) is 0 Å².